The van der Waals surface area contributed by atoms with E-state index in [1.54, 1.807) is 11.8 Å². The van der Waals surface area contributed by atoms with E-state index in [0.29, 0.717) is 6.54 Å². The van der Waals surface area contributed by atoms with E-state index in [1.807, 2.05) is 42.7 Å². The molecule has 0 aliphatic carbocycles. The molecule has 0 saturated carbocycles. The third-order valence-electron chi connectivity index (χ3n) is 5.57. The van der Waals surface area contributed by atoms with Crippen LogP contribution in [0.5, 0.6) is 0 Å². The SMILES string of the molecule is CCCCCCC#Cc1cncc(-c2nnc(SCc3ccc(Cl)cc3)n2Cc2ccccc2)c1. The number of rotatable bonds is 10. The van der Waals surface area contributed by atoms with E-state index in [0.717, 1.165) is 45.7 Å². The van der Waals surface area contributed by atoms with E-state index in [-0.39, 0.29) is 0 Å². The Morgan fingerprint density at radius 2 is 1.74 bits per heavy atom. The molecule has 2 aromatic carbocycles. The Labute approximate surface area is 217 Å². The second-order valence-corrected chi connectivity index (χ2v) is 9.75. The number of hydrogen-bond acceptors (Lipinski definition) is 4. The lowest BCUT2D eigenvalue weighted by Gasteiger charge is -2.11. The molecule has 35 heavy (non-hydrogen) atoms. The quantitative estimate of drug-likeness (QED) is 0.127. The Hall–Kier alpha value is -3.07. The molecule has 0 saturated heterocycles. The summed E-state index contributed by atoms with van der Waals surface area (Å²) in [5.41, 5.74) is 4.21. The first-order valence-corrected chi connectivity index (χ1v) is 13.4. The number of aromatic nitrogens is 4. The van der Waals surface area contributed by atoms with Gasteiger partial charge in [0.2, 0.25) is 0 Å². The van der Waals surface area contributed by atoms with Crippen LogP contribution in [0.2, 0.25) is 5.02 Å². The predicted molar refractivity (Wildman–Crippen MR) is 145 cm³/mol. The predicted octanol–water partition coefficient (Wildman–Crippen LogP) is 7.66. The lowest BCUT2D eigenvalue weighted by atomic mass is 10.1. The van der Waals surface area contributed by atoms with Crippen molar-refractivity contribution in [3.8, 4) is 23.2 Å². The molecule has 0 bridgehead atoms. The average Bonchev–Trinajstić information content (AvgIpc) is 3.29. The molecule has 178 valence electrons. The minimum Gasteiger partial charge on any atom is -0.297 e. The zero-order chi connectivity index (χ0) is 24.3. The molecule has 4 nitrogen and oxygen atoms in total. The van der Waals surface area contributed by atoms with E-state index in [2.05, 4.69) is 68.8 Å². The fraction of sp³-hybridized carbons (Fsp3) is 0.276. The smallest absolute Gasteiger partial charge is 0.192 e. The van der Waals surface area contributed by atoms with E-state index < -0.39 is 0 Å². The van der Waals surface area contributed by atoms with E-state index >= 15 is 0 Å². The fourth-order valence-corrected chi connectivity index (χ4v) is 4.70. The number of unbranched alkanes of at least 4 members (excludes halogenated alkanes) is 4. The Bertz CT molecular complexity index is 1270. The van der Waals surface area contributed by atoms with Gasteiger partial charge in [0, 0.05) is 40.7 Å². The van der Waals surface area contributed by atoms with Crippen LogP contribution in [0.15, 0.2) is 78.2 Å². The highest BCUT2D eigenvalue weighted by Gasteiger charge is 2.16. The summed E-state index contributed by atoms with van der Waals surface area (Å²) < 4.78 is 2.16. The molecule has 6 heteroatoms. The van der Waals surface area contributed by atoms with Gasteiger partial charge in [0.15, 0.2) is 11.0 Å². The van der Waals surface area contributed by atoms with Crippen LogP contribution in [0.25, 0.3) is 11.4 Å². The minimum absolute atomic E-state index is 0.680. The summed E-state index contributed by atoms with van der Waals surface area (Å²) in [6.07, 6.45) is 9.47. The van der Waals surface area contributed by atoms with E-state index in [4.69, 9.17) is 11.6 Å². The third kappa shape index (κ3) is 7.45. The maximum Gasteiger partial charge on any atom is 0.192 e. The summed E-state index contributed by atoms with van der Waals surface area (Å²) in [5.74, 6) is 8.15. The van der Waals surface area contributed by atoms with Gasteiger partial charge in [-0.05, 0) is 35.7 Å². The van der Waals surface area contributed by atoms with Gasteiger partial charge in [-0.2, -0.15) is 0 Å². The van der Waals surface area contributed by atoms with Gasteiger partial charge in [-0.25, -0.2) is 0 Å². The number of nitrogens with zero attached hydrogens (tertiary/aromatic N) is 4. The lowest BCUT2D eigenvalue weighted by molar-refractivity contribution is 0.679. The van der Waals surface area contributed by atoms with Crippen LogP contribution in [0.3, 0.4) is 0 Å². The number of halogens is 1. The molecule has 0 atom stereocenters. The maximum atomic E-state index is 6.04. The highest BCUT2D eigenvalue weighted by atomic mass is 35.5. The summed E-state index contributed by atoms with van der Waals surface area (Å²) in [5, 5.41) is 10.7. The van der Waals surface area contributed by atoms with Crippen LogP contribution >= 0.6 is 23.4 Å². The molecule has 0 aliphatic heterocycles. The summed E-state index contributed by atoms with van der Waals surface area (Å²) in [6.45, 7) is 2.90. The van der Waals surface area contributed by atoms with Gasteiger partial charge in [0.25, 0.3) is 0 Å². The van der Waals surface area contributed by atoms with Crippen molar-refractivity contribution in [1.29, 1.82) is 0 Å². The van der Waals surface area contributed by atoms with Gasteiger partial charge in [0.1, 0.15) is 0 Å². The summed E-state index contributed by atoms with van der Waals surface area (Å²) in [7, 11) is 0. The Morgan fingerprint density at radius 3 is 2.54 bits per heavy atom. The molecule has 0 radical (unpaired) electrons. The van der Waals surface area contributed by atoms with Crippen LogP contribution < -0.4 is 0 Å². The number of pyridine rings is 1. The van der Waals surface area contributed by atoms with E-state index in [1.165, 1.54) is 30.4 Å². The van der Waals surface area contributed by atoms with Gasteiger partial charge in [-0.15, -0.1) is 10.2 Å². The van der Waals surface area contributed by atoms with Crippen molar-refractivity contribution < 1.29 is 0 Å². The van der Waals surface area contributed by atoms with Crippen LogP contribution in [0.4, 0.5) is 0 Å². The first-order chi connectivity index (χ1) is 17.2. The molecule has 4 aromatic rings. The largest absolute Gasteiger partial charge is 0.297 e. The highest BCUT2D eigenvalue weighted by molar-refractivity contribution is 7.98. The lowest BCUT2D eigenvalue weighted by Crippen LogP contribution is -2.04. The molecule has 0 aliphatic rings. The Balaban J connectivity index is 1.57. The molecule has 2 aromatic heterocycles. The minimum atomic E-state index is 0.680. The number of hydrogen-bond donors (Lipinski definition) is 0. The molecule has 0 unspecified atom stereocenters. The molecule has 0 amide bonds. The molecule has 0 fully saturated rings. The molecular formula is C29H29ClN4S. The van der Waals surface area contributed by atoms with Crippen molar-refractivity contribution in [2.45, 2.75) is 56.5 Å². The highest BCUT2D eigenvalue weighted by Crippen LogP contribution is 2.28. The van der Waals surface area contributed by atoms with Gasteiger partial charge < -0.3 is 0 Å². The standard InChI is InChI=1S/C29H29ClN4S/c1-2-3-4-5-6-8-13-25-18-26(20-31-19-25)28-32-33-29(34(28)21-23-11-9-7-10-12-23)35-22-24-14-16-27(30)17-15-24/h7,9-12,14-20H,2-6,21-22H2,1H3. The van der Waals surface area contributed by atoms with Crippen molar-refractivity contribution in [2.75, 3.05) is 0 Å². The topological polar surface area (TPSA) is 43.6 Å². The van der Waals surface area contributed by atoms with Crippen molar-refractivity contribution >= 4 is 23.4 Å². The number of thioether (sulfide) groups is 1. The third-order valence-corrected chi connectivity index (χ3v) is 6.86. The van der Waals surface area contributed by atoms with E-state index in [9.17, 15) is 0 Å². The second-order valence-electron chi connectivity index (χ2n) is 8.37. The zero-order valence-corrected chi connectivity index (χ0v) is 21.5. The molecule has 0 spiro atoms. The molecule has 4 rings (SSSR count). The number of benzene rings is 2. The fourth-order valence-electron chi connectivity index (χ4n) is 3.68. The van der Waals surface area contributed by atoms with Crippen molar-refractivity contribution in [2.24, 2.45) is 0 Å². The molecular weight excluding hydrogens is 472 g/mol. The zero-order valence-electron chi connectivity index (χ0n) is 20.0. The molecule has 2 heterocycles. The normalized spacial score (nSPS) is 10.7. The van der Waals surface area contributed by atoms with Crippen LogP contribution in [0, 0.1) is 11.8 Å². The van der Waals surface area contributed by atoms with Crippen molar-refractivity contribution in [1.82, 2.24) is 19.7 Å². The van der Waals surface area contributed by atoms with Gasteiger partial charge in [-0.1, -0.05) is 104 Å². The first-order valence-electron chi connectivity index (χ1n) is 12.0. The Kier molecular flexibility index (Phi) is 9.39. The Morgan fingerprint density at radius 1 is 0.914 bits per heavy atom. The van der Waals surface area contributed by atoms with Gasteiger partial charge in [-0.3, -0.25) is 9.55 Å². The van der Waals surface area contributed by atoms with Crippen LogP contribution in [-0.2, 0) is 12.3 Å². The maximum absolute atomic E-state index is 6.04. The monoisotopic (exact) mass is 500 g/mol. The summed E-state index contributed by atoms with van der Waals surface area (Å²) >= 11 is 7.71. The summed E-state index contributed by atoms with van der Waals surface area (Å²) in [4.78, 5) is 4.45. The van der Waals surface area contributed by atoms with Gasteiger partial charge in [0.05, 0.1) is 6.54 Å². The summed E-state index contributed by atoms with van der Waals surface area (Å²) in [6, 6.07) is 20.4. The second kappa shape index (κ2) is 13.1. The van der Waals surface area contributed by atoms with Crippen LogP contribution in [-0.4, -0.2) is 19.7 Å². The van der Waals surface area contributed by atoms with Crippen molar-refractivity contribution in [3.05, 3.63) is 94.8 Å². The van der Waals surface area contributed by atoms with Crippen molar-refractivity contribution in [3.63, 3.8) is 0 Å². The molecule has 0 N–H and O–H groups in total. The van der Waals surface area contributed by atoms with Crippen LogP contribution in [0.1, 0.15) is 55.7 Å². The average molecular weight is 501 g/mol. The van der Waals surface area contributed by atoms with Gasteiger partial charge >= 0.3 is 0 Å². The first kappa shape index (κ1) is 25.0.